The van der Waals surface area contributed by atoms with Gasteiger partial charge in [0.25, 0.3) is 10.2 Å². The minimum Gasteiger partial charge on any atom is -0.323 e. The average Bonchev–Trinajstić information content (AvgIpc) is 2.89. The highest BCUT2D eigenvalue weighted by Gasteiger charge is 2.41. The molecule has 9 nitrogen and oxygen atoms in total. The van der Waals surface area contributed by atoms with E-state index in [1.165, 1.54) is 13.2 Å². The predicted octanol–water partition coefficient (Wildman–Crippen LogP) is 0.342. The van der Waals surface area contributed by atoms with Crippen LogP contribution in [0.15, 0.2) is 30.7 Å². The largest absolute Gasteiger partial charge is 0.323 e. The molecule has 3 rings (SSSR count). The van der Waals surface area contributed by atoms with E-state index in [9.17, 15) is 13.2 Å². The van der Waals surface area contributed by atoms with Crippen LogP contribution in [0.3, 0.4) is 0 Å². The number of carbonyl (C=O) groups excluding carboxylic acids is 1. The van der Waals surface area contributed by atoms with Crippen molar-refractivity contribution in [2.75, 3.05) is 12.4 Å². The Morgan fingerprint density at radius 1 is 1.40 bits per heavy atom. The van der Waals surface area contributed by atoms with E-state index in [1.54, 1.807) is 36.3 Å². The lowest BCUT2D eigenvalue weighted by molar-refractivity contribution is -0.120. The van der Waals surface area contributed by atoms with Crippen molar-refractivity contribution in [2.24, 2.45) is 7.05 Å². The Hall–Kier alpha value is -2.30. The summed E-state index contributed by atoms with van der Waals surface area (Å²) in [5.74, 6) is -0.396. The second kappa shape index (κ2) is 6.54. The fourth-order valence-corrected chi connectivity index (χ4v) is 4.20. The second-order valence-electron chi connectivity index (χ2n) is 6.02. The fraction of sp³-hybridized carbons (Fsp3) is 0.400. The summed E-state index contributed by atoms with van der Waals surface area (Å²) >= 11 is 0. The predicted molar refractivity (Wildman–Crippen MR) is 91.8 cm³/mol. The average molecular weight is 364 g/mol. The van der Waals surface area contributed by atoms with Crippen molar-refractivity contribution in [1.29, 1.82) is 0 Å². The molecular weight excluding hydrogens is 344 g/mol. The lowest BCUT2D eigenvalue weighted by Crippen LogP contribution is -2.56. The molecular formula is C15H20N6O3S. The first-order valence-corrected chi connectivity index (χ1v) is 9.18. The van der Waals surface area contributed by atoms with Gasteiger partial charge in [-0.05, 0) is 25.5 Å². The number of aromatic nitrogens is 3. The molecule has 0 unspecified atom stereocenters. The Balaban J connectivity index is 1.87. The number of pyridine rings is 1. The number of carbonyl (C=O) groups is 1. The van der Waals surface area contributed by atoms with Crippen molar-refractivity contribution >= 4 is 21.8 Å². The monoisotopic (exact) mass is 364 g/mol. The van der Waals surface area contributed by atoms with Crippen molar-refractivity contribution in [2.45, 2.75) is 25.4 Å². The fourth-order valence-electron chi connectivity index (χ4n) is 2.94. The maximum atomic E-state index is 12.6. The third-order valence-electron chi connectivity index (χ3n) is 4.23. The first-order valence-electron chi connectivity index (χ1n) is 7.74. The smallest absolute Gasteiger partial charge is 0.280 e. The molecule has 2 N–H and O–H groups in total. The Morgan fingerprint density at radius 2 is 2.16 bits per heavy atom. The Morgan fingerprint density at radius 3 is 2.76 bits per heavy atom. The van der Waals surface area contributed by atoms with Crippen LogP contribution >= 0.6 is 0 Å². The normalized spacial score (nSPS) is 23.3. The molecule has 1 aliphatic heterocycles. The zero-order chi connectivity index (χ0) is 18.2. The number of hydrogen-bond donors (Lipinski definition) is 2. The third kappa shape index (κ3) is 3.55. The number of amides is 1. The van der Waals surface area contributed by atoms with Gasteiger partial charge in [0.2, 0.25) is 5.91 Å². The summed E-state index contributed by atoms with van der Waals surface area (Å²) in [5.41, 5.74) is 2.01. The van der Waals surface area contributed by atoms with Gasteiger partial charge in [-0.2, -0.15) is 22.5 Å². The zero-order valence-corrected chi connectivity index (χ0v) is 15.0. The van der Waals surface area contributed by atoms with Crippen LogP contribution in [0.1, 0.15) is 23.7 Å². The highest BCUT2D eigenvalue weighted by atomic mass is 32.2. The lowest BCUT2D eigenvalue weighted by atomic mass is 10.00. The summed E-state index contributed by atoms with van der Waals surface area (Å²) in [7, 11) is -0.622. The van der Waals surface area contributed by atoms with E-state index >= 15 is 0 Å². The van der Waals surface area contributed by atoms with Gasteiger partial charge >= 0.3 is 0 Å². The van der Waals surface area contributed by atoms with Gasteiger partial charge in [0.1, 0.15) is 6.04 Å². The van der Waals surface area contributed by atoms with Crippen molar-refractivity contribution in [3.63, 3.8) is 0 Å². The summed E-state index contributed by atoms with van der Waals surface area (Å²) in [4.78, 5) is 16.6. The highest BCUT2D eigenvalue weighted by molar-refractivity contribution is 7.87. The highest BCUT2D eigenvalue weighted by Crippen LogP contribution is 2.29. The molecule has 0 aliphatic carbocycles. The number of likely N-dealkylation sites (N-methyl/N-ethyl adjacent to an activating group) is 1. The van der Waals surface area contributed by atoms with E-state index in [1.807, 2.05) is 6.92 Å². The van der Waals surface area contributed by atoms with Gasteiger partial charge in [0.05, 0.1) is 23.6 Å². The molecule has 1 saturated heterocycles. The number of hydrogen-bond acceptors (Lipinski definition) is 5. The maximum absolute atomic E-state index is 12.6. The quantitative estimate of drug-likeness (QED) is 0.816. The Labute approximate surface area is 146 Å². The Bertz CT molecular complexity index is 880. The molecule has 2 atom stereocenters. The lowest BCUT2D eigenvalue weighted by Gasteiger charge is -2.36. The van der Waals surface area contributed by atoms with Crippen molar-refractivity contribution in [1.82, 2.24) is 23.8 Å². The molecule has 0 saturated carbocycles. The van der Waals surface area contributed by atoms with E-state index < -0.39 is 28.2 Å². The minimum absolute atomic E-state index is 0.300. The number of rotatable bonds is 3. The zero-order valence-electron chi connectivity index (χ0n) is 14.2. The van der Waals surface area contributed by atoms with Gasteiger partial charge in [-0.25, -0.2) is 0 Å². The molecule has 3 heterocycles. The molecule has 1 aliphatic rings. The van der Waals surface area contributed by atoms with Crippen LogP contribution in [-0.2, 0) is 22.1 Å². The van der Waals surface area contributed by atoms with E-state index in [0.29, 0.717) is 12.1 Å². The van der Waals surface area contributed by atoms with E-state index in [-0.39, 0.29) is 0 Å². The van der Waals surface area contributed by atoms with Crippen LogP contribution < -0.4 is 10.0 Å². The molecule has 0 bridgehead atoms. The molecule has 10 heteroatoms. The van der Waals surface area contributed by atoms with E-state index in [2.05, 4.69) is 20.1 Å². The molecule has 2 aromatic rings. The van der Waals surface area contributed by atoms with Crippen LogP contribution in [0, 0.1) is 6.92 Å². The van der Waals surface area contributed by atoms with Crippen molar-refractivity contribution < 1.29 is 13.2 Å². The second-order valence-corrected chi connectivity index (χ2v) is 7.78. The van der Waals surface area contributed by atoms with Gasteiger partial charge in [0.15, 0.2) is 0 Å². The molecule has 25 heavy (non-hydrogen) atoms. The van der Waals surface area contributed by atoms with Gasteiger partial charge < -0.3 is 5.32 Å². The molecule has 1 fully saturated rings. The van der Waals surface area contributed by atoms with Gasteiger partial charge in [0, 0.05) is 32.1 Å². The van der Waals surface area contributed by atoms with Gasteiger partial charge in [-0.15, -0.1) is 0 Å². The van der Waals surface area contributed by atoms with Crippen LogP contribution in [0.4, 0.5) is 5.69 Å². The summed E-state index contributed by atoms with van der Waals surface area (Å²) < 4.78 is 30.2. The van der Waals surface area contributed by atoms with Crippen molar-refractivity contribution in [3.05, 3.63) is 42.0 Å². The summed E-state index contributed by atoms with van der Waals surface area (Å²) in [5, 5.41) is 6.97. The topological polar surface area (TPSA) is 109 Å². The number of nitrogens with one attached hydrogen (secondary N) is 2. The molecule has 1 amide bonds. The van der Waals surface area contributed by atoms with Crippen molar-refractivity contribution in [3.8, 4) is 0 Å². The Kier molecular flexibility index (Phi) is 4.58. The first-order chi connectivity index (χ1) is 11.8. The van der Waals surface area contributed by atoms with Crippen LogP contribution in [0.2, 0.25) is 0 Å². The standard InChI is InChI=1S/C15H20N6O3S/c1-10-12(9-20(2)18-10)13-7-14(21(3)25(23,24)19-13)15(22)17-11-5-4-6-16-8-11/h4-6,8-9,13-14,19H,7H2,1-3H3,(H,17,22)/t13-,14-/m0/s1. The maximum Gasteiger partial charge on any atom is 0.280 e. The number of anilines is 1. The summed E-state index contributed by atoms with van der Waals surface area (Å²) in [6.45, 7) is 1.81. The summed E-state index contributed by atoms with van der Waals surface area (Å²) in [6.07, 6.45) is 5.17. The third-order valence-corrected chi connectivity index (χ3v) is 5.82. The molecule has 0 radical (unpaired) electrons. The molecule has 134 valence electrons. The SMILES string of the molecule is Cc1nn(C)cc1[C@@H]1C[C@@H](C(=O)Nc2cccnc2)N(C)S(=O)(=O)N1. The molecule has 2 aromatic heterocycles. The van der Waals surface area contributed by atoms with Crippen LogP contribution in [0.5, 0.6) is 0 Å². The molecule has 0 spiro atoms. The first kappa shape index (κ1) is 17.5. The number of nitrogens with zero attached hydrogens (tertiary/aromatic N) is 4. The van der Waals surface area contributed by atoms with Crippen LogP contribution in [0.25, 0.3) is 0 Å². The molecule has 0 aromatic carbocycles. The number of aryl methyl sites for hydroxylation is 2. The van der Waals surface area contributed by atoms with Crippen LogP contribution in [-0.4, -0.2) is 46.5 Å². The minimum atomic E-state index is -3.78. The van der Waals surface area contributed by atoms with Gasteiger partial charge in [-0.1, -0.05) is 0 Å². The summed E-state index contributed by atoms with van der Waals surface area (Å²) in [6, 6.07) is 2.04. The van der Waals surface area contributed by atoms with Gasteiger partial charge in [-0.3, -0.25) is 14.5 Å². The van der Waals surface area contributed by atoms with E-state index in [4.69, 9.17) is 0 Å². The van der Waals surface area contributed by atoms with E-state index in [0.717, 1.165) is 15.6 Å².